The summed E-state index contributed by atoms with van der Waals surface area (Å²) in [6.45, 7) is 0. The minimum absolute atomic E-state index is 0.292. The third-order valence-corrected chi connectivity index (χ3v) is 1.86. The third kappa shape index (κ3) is 1.50. The second-order valence-electron chi connectivity index (χ2n) is 1.65. The summed E-state index contributed by atoms with van der Waals surface area (Å²) in [4.78, 5) is 13.8. The molecule has 1 aromatic heterocycles. The lowest BCUT2D eigenvalue weighted by molar-refractivity contribution is 0.112. The molecule has 0 amide bonds. The minimum atomic E-state index is -0.484. The molecule has 0 bridgehead atoms. The van der Waals surface area contributed by atoms with Crippen LogP contribution in [0, 0.1) is 9.52 Å². The summed E-state index contributed by atoms with van der Waals surface area (Å²) < 4.78 is 12.8. The fourth-order valence-electron chi connectivity index (χ4n) is 0.521. The monoisotopic (exact) mass is 251 g/mol. The highest BCUT2D eigenvalue weighted by molar-refractivity contribution is 14.1. The molecule has 1 heterocycles. The Bertz CT molecular complexity index is 264. The number of carbonyl (C=O) groups excluding carboxylic acids is 1. The number of hydrogen-bond acceptors (Lipinski definition) is 2. The van der Waals surface area contributed by atoms with Crippen molar-refractivity contribution in [3.8, 4) is 0 Å². The SMILES string of the molecule is O=Cc1cc(F)cnc1I. The maximum atomic E-state index is 12.3. The molecule has 2 nitrogen and oxygen atoms in total. The van der Waals surface area contributed by atoms with E-state index in [2.05, 4.69) is 4.98 Å². The van der Waals surface area contributed by atoms with Crippen LogP contribution < -0.4 is 0 Å². The van der Waals surface area contributed by atoms with E-state index in [9.17, 15) is 9.18 Å². The molecule has 0 atom stereocenters. The first-order valence-corrected chi connectivity index (χ1v) is 3.58. The van der Waals surface area contributed by atoms with E-state index in [4.69, 9.17) is 0 Å². The average molecular weight is 251 g/mol. The van der Waals surface area contributed by atoms with Crippen LogP contribution in [0.25, 0.3) is 0 Å². The zero-order chi connectivity index (χ0) is 7.56. The number of halogens is 2. The van der Waals surface area contributed by atoms with E-state index in [0.717, 1.165) is 12.3 Å². The summed E-state index contributed by atoms with van der Waals surface area (Å²) in [6, 6.07) is 1.15. The Morgan fingerprint density at radius 1 is 1.70 bits per heavy atom. The quantitative estimate of drug-likeness (QED) is 0.431. The van der Waals surface area contributed by atoms with Gasteiger partial charge in [-0.25, -0.2) is 9.37 Å². The molecular weight excluding hydrogens is 248 g/mol. The van der Waals surface area contributed by atoms with Crippen molar-refractivity contribution >= 4 is 28.9 Å². The first kappa shape index (κ1) is 7.59. The van der Waals surface area contributed by atoms with Gasteiger partial charge in [-0.15, -0.1) is 0 Å². The second kappa shape index (κ2) is 3.05. The van der Waals surface area contributed by atoms with E-state index in [0.29, 0.717) is 15.6 Å². The van der Waals surface area contributed by atoms with Gasteiger partial charge in [-0.3, -0.25) is 4.79 Å². The van der Waals surface area contributed by atoms with Gasteiger partial charge in [0.2, 0.25) is 0 Å². The van der Waals surface area contributed by atoms with Crippen molar-refractivity contribution in [1.29, 1.82) is 0 Å². The number of rotatable bonds is 1. The molecule has 0 aromatic carbocycles. The maximum absolute atomic E-state index is 12.3. The predicted octanol–water partition coefficient (Wildman–Crippen LogP) is 1.64. The zero-order valence-electron chi connectivity index (χ0n) is 4.84. The Morgan fingerprint density at radius 2 is 2.40 bits per heavy atom. The maximum Gasteiger partial charge on any atom is 0.152 e. The van der Waals surface area contributed by atoms with Crippen molar-refractivity contribution in [2.75, 3.05) is 0 Å². The van der Waals surface area contributed by atoms with Gasteiger partial charge in [-0.1, -0.05) is 0 Å². The molecule has 52 valence electrons. The van der Waals surface area contributed by atoms with E-state index >= 15 is 0 Å². The number of aromatic nitrogens is 1. The Hall–Kier alpha value is -0.520. The van der Waals surface area contributed by atoms with Crippen molar-refractivity contribution in [1.82, 2.24) is 4.98 Å². The third-order valence-electron chi connectivity index (χ3n) is 0.960. The van der Waals surface area contributed by atoms with Gasteiger partial charge in [0.15, 0.2) is 6.29 Å². The Balaban J connectivity index is 3.21. The highest BCUT2D eigenvalue weighted by Gasteiger charge is 1.99. The molecule has 0 unspecified atom stereocenters. The molecular formula is C6H3FINO. The molecule has 0 aliphatic carbocycles. The van der Waals surface area contributed by atoms with Crippen LogP contribution in [0.15, 0.2) is 12.3 Å². The number of hydrogen-bond donors (Lipinski definition) is 0. The van der Waals surface area contributed by atoms with Gasteiger partial charge in [0, 0.05) is 5.56 Å². The van der Waals surface area contributed by atoms with Gasteiger partial charge in [0.25, 0.3) is 0 Å². The standard InChI is InChI=1S/C6H3FINO/c7-5-1-4(3-10)6(8)9-2-5/h1-3H. The minimum Gasteiger partial charge on any atom is -0.298 e. The summed E-state index contributed by atoms with van der Waals surface area (Å²) in [5.74, 6) is -0.484. The summed E-state index contributed by atoms with van der Waals surface area (Å²) in [5.41, 5.74) is 0.292. The summed E-state index contributed by atoms with van der Waals surface area (Å²) in [7, 11) is 0. The van der Waals surface area contributed by atoms with Gasteiger partial charge in [-0.2, -0.15) is 0 Å². The molecule has 0 spiro atoms. The van der Waals surface area contributed by atoms with Crippen molar-refractivity contribution in [2.24, 2.45) is 0 Å². The van der Waals surface area contributed by atoms with Crippen LogP contribution in [-0.4, -0.2) is 11.3 Å². The molecule has 0 saturated carbocycles. The number of aldehydes is 1. The number of nitrogens with zero attached hydrogens (tertiary/aromatic N) is 1. The van der Waals surface area contributed by atoms with Crippen LogP contribution in [-0.2, 0) is 0 Å². The zero-order valence-corrected chi connectivity index (χ0v) is 7.00. The molecule has 1 aromatic rings. The molecule has 0 aliphatic rings. The molecule has 4 heteroatoms. The number of pyridine rings is 1. The highest BCUT2D eigenvalue weighted by atomic mass is 127. The van der Waals surface area contributed by atoms with Crippen LogP contribution in [0.4, 0.5) is 4.39 Å². The molecule has 0 saturated heterocycles. The molecule has 0 radical (unpaired) electrons. The summed E-state index contributed by atoms with van der Waals surface area (Å²) in [5, 5.41) is 0. The number of carbonyl (C=O) groups is 1. The van der Waals surface area contributed by atoms with Crippen LogP contribution in [0.5, 0.6) is 0 Å². The van der Waals surface area contributed by atoms with E-state index in [-0.39, 0.29) is 0 Å². The highest BCUT2D eigenvalue weighted by Crippen LogP contribution is 2.07. The smallest absolute Gasteiger partial charge is 0.152 e. The van der Waals surface area contributed by atoms with Crippen LogP contribution in [0.2, 0.25) is 0 Å². The molecule has 1 rings (SSSR count). The van der Waals surface area contributed by atoms with Gasteiger partial charge in [0.05, 0.1) is 6.20 Å². The van der Waals surface area contributed by atoms with Crippen molar-refractivity contribution in [2.45, 2.75) is 0 Å². The Morgan fingerprint density at radius 3 is 2.90 bits per heavy atom. The Kier molecular flexibility index (Phi) is 2.31. The lowest BCUT2D eigenvalue weighted by Crippen LogP contribution is -1.91. The van der Waals surface area contributed by atoms with E-state index < -0.39 is 5.82 Å². The second-order valence-corrected chi connectivity index (χ2v) is 2.67. The lowest BCUT2D eigenvalue weighted by Gasteiger charge is -1.92. The van der Waals surface area contributed by atoms with E-state index in [1.165, 1.54) is 0 Å². The fourth-order valence-corrected chi connectivity index (χ4v) is 0.943. The average Bonchev–Trinajstić information content (AvgIpc) is 1.94. The van der Waals surface area contributed by atoms with E-state index in [1.807, 2.05) is 22.6 Å². The van der Waals surface area contributed by atoms with Gasteiger partial charge >= 0.3 is 0 Å². The lowest BCUT2D eigenvalue weighted by atomic mass is 10.3. The summed E-state index contributed by atoms with van der Waals surface area (Å²) >= 11 is 1.87. The predicted molar refractivity (Wildman–Crippen MR) is 42.3 cm³/mol. The normalized spacial score (nSPS) is 9.40. The largest absolute Gasteiger partial charge is 0.298 e. The van der Waals surface area contributed by atoms with Crippen LogP contribution in [0.3, 0.4) is 0 Å². The topological polar surface area (TPSA) is 30.0 Å². The van der Waals surface area contributed by atoms with Crippen LogP contribution in [0.1, 0.15) is 10.4 Å². The van der Waals surface area contributed by atoms with Gasteiger partial charge < -0.3 is 0 Å². The van der Waals surface area contributed by atoms with Crippen molar-refractivity contribution < 1.29 is 9.18 Å². The first-order valence-electron chi connectivity index (χ1n) is 2.50. The molecule has 0 aliphatic heterocycles. The Labute approximate surface area is 70.6 Å². The van der Waals surface area contributed by atoms with E-state index in [1.54, 1.807) is 0 Å². The van der Waals surface area contributed by atoms with Gasteiger partial charge in [-0.05, 0) is 28.7 Å². The fraction of sp³-hybridized carbons (Fsp3) is 0. The van der Waals surface area contributed by atoms with Crippen molar-refractivity contribution in [3.05, 3.63) is 27.3 Å². The summed E-state index contributed by atoms with van der Waals surface area (Å²) in [6.07, 6.45) is 1.66. The molecule has 0 N–H and O–H groups in total. The van der Waals surface area contributed by atoms with Gasteiger partial charge in [0.1, 0.15) is 9.52 Å². The molecule has 10 heavy (non-hydrogen) atoms. The first-order chi connectivity index (χ1) is 4.74. The van der Waals surface area contributed by atoms with Crippen molar-refractivity contribution in [3.63, 3.8) is 0 Å². The van der Waals surface area contributed by atoms with Crippen LogP contribution >= 0.6 is 22.6 Å². The molecule has 0 fully saturated rings.